The van der Waals surface area contributed by atoms with Crippen LogP contribution in [0.3, 0.4) is 0 Å². The molecule has 1 unspecified atom stereocenters. The molecule has 2 aromatic carbocycles. The fourth-order valence-electron chi connectivity index (χ4n) is 2.04. The summed E-state index contributed by atoms with van der Waals surface area (Å²) in [5, 5.41) is 10.5. The van der Waals surface area contributed by atoms with Gasteiger partial charge in [0.1, 0.15) is 5.75 Å². The first-order valence-electron chi connectivity index (χ1n) is 5.70. The summed E-state index contributed by atoms with van der Waals surface area (Å²) in [6.07, 6.45) is 0. The van der Waals surface area contributed by atoms with Crippen molar-refractivity contribution in [3.63, 3.8) is 0 Å². The van der Waals surface area contributed by atoms with E-state index < -0.39 is 18.5 Å². The minimum Gasteiger partial charge on any atom is -0.481 e. The van der Waals surface area contributed by atoms with Crippen LogP contribution in [0, 0.1) is 0 Å². The molecule has 0 amide bonds. The van der Waals surface area contributed by atoms with Gasteiger partial charge in [0.15, 0.2) is 0 Å². The van der Waals surface area contributed by atoms with Crippen LogP contribution >= 0.6 is 0 Å². The minimum atomic E-state index is -2.99. The van der Waals surface area contributed by atoms with Gasteiger partial charge < -0.3 is 9.84 Å². The number of hydrogen-bond acceptors (Lipinski definition) is 2. The maximum atomic E-state index is 12.4. The molecule has 0 aliphatic heterocycles. The zero-order valence-corrected chi connectivity index (χ0v) is 10.1. The average Bonchev–Trinajstić information content (AvgIpc) is 2.37. The molecule has 0 spiro atoms. The third kappa shape index (κ3) is 2.65. The van der Waals surface area contributed by atoms with E-state index in [9.17, 15) is 13.6 Å². The van der Waals surface area contributed by atoms with Gasteiger partial charge in [0.05, 0.1) is 5.92 Å². The van der Waals surface area contributed by atoms with Crippen LogP contribution in [0.15, 0.2) is 36.4 Å². The Morgan fingerprint density at radius 3 is 2.53 bits per heavy atom. The van der Waals surface area contributed by atoms with Crippen LogP contribution in [0.4, 0.5) is 8.78 Å². The summed E-state index contributed by atoms with van der Waals surface area (Å²) in [4.78, 5) is 11.1. The quantitative estimate of drug-likeness (QED) is 0.919. The van der Waals surface area contributed by atoms with E-state index in [-0.39, 0.29) is 11.3 Å². The van der Waals surface area contributed by atoms with E-state index >= 15 is 0 Å². The van der Waals surface area contributed by atoms with Crippen LogP contribution in [-0.2, 0) is 4.79 Å². The highest BCUT2D eigenvalue weighted by Gasteiger charge is 2.22. The summed E-state index contributed by atoms with van der Waals surface area (Å²) in [5.74, 6) is -2.11. The molecule has 0 aliphatic carbocycles. The molecular weight excluding hydrogens is 254 g/mol. The topological polar surface area (TPSA) is 46.5 Å². The molecule has 3 nitrogen and oxygen atoms in total. The number of carboxylic acids is 1. The maximum Gasteiger partial charge on any atom is 0.387 e. The van der Waals surface area contributed by atoms with Crippen molar-refractivity contribution in [2.75, 3.05) is 0 Å². The first-order chi connectivity index (χ1) is 9.00. The monoisotopic (exact) mass is 266 g/mol. The first kappa shape index (κ1) is 13.3. The van der Waals surface area contributed by atoms with Crippen molar-refractivity contribution in [1.29, 1.82) is 0 Å². The van der Waals surface area contributed by atoms with E-state index in [1.807, 2.05) is 0 Å². The summed E-state index contributed by atoms with van der Waals surface area (Å²) in [7, 11) is 0. The highest BCUT2D eigenvalue weighted by Crippen LogP contribution is 2.35. The third-order valence-corrected chi connectivity index (χ3v) is 2.95. The molecule has 0 aromatic heterocycles. The molecule has 0 saturated heterocycles. The highest BCUT2D eigenvalue weighted by atomic mass is 19.3. The van der Waals surface area contributed by atoms with E-state index in [4.69, 9.17) is 5.11 Å². The van der Waals surface area contributed by atoms with Crippen molar-refractivity contribution in [2.24, 2.45) is 0 Å². The second-order valence-electron chi connectivity index (χ2n) is 4.14. The van der Waals surface area contributed by atoms with E-state index in [1.165, 1.54) is 13.0 Å². The largest absolute Gasteiger partial charge is 0.481 e. The van der Waals surface area contributed by atoms with Gasteiger partial charge >= 0.3 is 12.6 Å². The van der Waals surface area contributed by atoms with Crippen LogP contribution in [0.5, 0.6) is 5.75 Å². The Kier molecular flexibility index (Phi) is 3.64. The summed E-state index contributed by atoms with van der Waals surface area (Å²) in [6, 6.07) is 10.0. The van der Waals surface area contributed by atoms with E-state index in [1.54, 1.807) is 30.3 Å². The lowest BCUT2D eigenvalue weighted by atomic mass is 9.94. The number of benzene rings is 2. The normalized spacial score (nSPS) is 12.6. The molecule has 0 bridgehead atoms. The first-order valence-corrected chi connectivity index (χ1v) is 5.70. The van der Waals surface area contributed by atoms with E-state index in [2.05, 4.69) is 4.74 Å². The fourth-order valence-corrected chi connectivity index (χ4v) is 2.04. The highest BCUT2D eigenvalue weighted by molar-refractivity contribution is 5.92. The van der Waals surface area contributed by atoms with Gasteiger partial charge in [0, 0.05) is 5.56 Å². The van der Waals surface area contributed by atoms with Crippen molar-refractivity contribution >= 4 is 16.7 Å². The van der Waals surface area contributed by atoms with E-state index in [0.29, 0.717) is 5.39 Å². The number of carbonyl (C=O) groups is 1. The van der Waals surface area contributed by atoms with Crippen molar-refractivity contribution in [3.05, 3.63) is 42.0 Å². The fraction of sp³-hybridized carbons (Fsp3) is 0.214. The molecule has 0 heterocycles. The number of fused-ring (bicyclic) bond motifs is 1. The molecule has 0 saturated carbocycles. The van der Waals surface area contributed by atoms with Crippen LogP contribution in [-0.4, -0.2) is 17.7 Å². The lowest BCUT2D eigenvalue weighted by Crippen LogP contribution is -2.12. The maximum absolute atomic E-state index is 12.4. The predicted octanol–water partition coefficient (Wildman–Crippen LogP) is 3.63. The summed E-state index contributed by atoms with van der Waals surface area (Å²) < 4.78 is 29.2. The second kappa shape index (κ2) is 5.22. The smallest absolute Gasteiger partial charge is 0.387 e. The van der Waals surface area contributed by atoms with Gasteiger partial charge in [-0.2, -0.15) is 8.78 Å². The lowest BCUT2D eigenvalue weighted by Gasteiger charge is -2.16. The van der Waals surface area contributed by atoms with Crippen LogP contribution in [0.1, 0.15) is 18.4 Å². The van der Waals surface area contributed by atoms with Crippen molar-refractivity contribution in [1.82, 2.24) is 0 Å². The molecule has 2 rings (SSSR count). The Balaban J connectivity index is 2.67. The molecule has 1 atom stereocenters. The Labute approximate surface area is 108 Å². The second-order valence-corrected chi connectivity index (χ2v) is 4.14. The van der Waals surface area contributed by atoms with Crippen LogP contribution < -0.4 is 4.74 Å². The SMILES string of the molecule is CC(C(=O)O)c1c(OC(F)F)ccc2ccccc12. The number of alkyl halides is 2. The average molecular weight is 266 g/mol. The molecule has 0 radical (unpaired) electrons. The number of ether oxygens (including phenoxy) is 1. The van der Waals surface area contributed by atoms with Gasteiger partial charge in [-0.1, -0.05) is 30.3 Å². The molecule has 5 heteroatoms. The standard InChI is InChI=1S/C14H12F2O3/c1-8(13(17)18)12-10-5-3-2-4-9(10)6-7-11(12)19-14(15)16/h2-8,14H,1H3,(H,17,18). The van der Waals surface area contributed by atoms with Crippen molar-refractivity contribution in [2.45, 2.75) is 19.5 Å². The zero-order chi connectivity index (χ0) is 14.0. The lowest BCUT2D eigenvalue weighted by molar-refractivity contribution is -0.138. The number of hydrogen-bond donors (Lipinski definition) is 1. The zero-order valence-electron chi connectivity index (χ0n) is 10.1. The Morgan fingerprint density at radius 2 is 1.89 bits per heavy atom. The molecular formula is C14H12F2O3. The van der Waals surface area contributed by atoms with Gasteiger partial charge in [0.2, 0.25) is 0 Å². The summed E-state index contributed by atoms with van der Waals surface area (Å²) in [5.41, 5.74) is 0.269. The van der Waals surface area contributed by atoms with Gasteiger partial charge in [-0.25, -0.2) is 0 Å². The Morgan fingerprint density at radius 1 is 1.21 bits per heavy atom. The molecule has 1 N–H and O–H groups in total. The number of rotatable bonds is 4. The van der Waals surface area contributed by atoms with Crippen molar-refractivity contribution < 1.29 is 23.4 Å². The Hall–Kier alpha value is -2.17. The Bertz CT molecular complexity index is 611. The van der Waals surface area contributed by atoms with Gasteiger partial charge in [0.25, 0.3) is 0 Å². The summed E-state index contributed by atoms with van der Waals surface area (Å²) in [6.45, 7) is -1.54. The number of carboxylic acid groups (broad SMARTS) is 1. The molecule has 100 valence electrons. The molecule has 2 aromatic rings. The van der Waals surface area contributed by atoms with Crippen LogP contribution in [0.25, 0.3) is 10.8 Å². The van der Waals surface area contributed by atoms with Gasteiger partial charge in [-0.15, -0.1) is 0 Å². The number of halogens is 2. The van der Waals surface area contributed by atoms with Crippen LogP contribution in [0.2, 0.25) is 0 Å². The van der Waals surface area contributed by atoms with Gasteiger partial charge in [-0.3, -0.25) is 4.79 Å². The molecule has 19 heavy (non-hydrogen) atoms. The predicted molar refractivity (Wildman–Crippen MR) is 66.6 cm³/mol. The number of aliphatic carboxylic acids is 1. The molecule has 0 fully saturated rings. The molecule has 0 aliphatic rings. The third-order valence-electron chi connectivity index (χ3n) is 2.95. The van der Waals surface area contributed by atoms with Crippen molar-refractivity contribution in [3.8, 4) is 5.75 Å². The minimum absolute atomic E-state index is 0.0939. The van der Waals surface area contributed by atoms with Gasteiger partial charge in [-0.05, 0) is 23.8 Å². The van der Waals surface area contributed by atoms with E-state index in [0.717, 1.165) is 5.39 Å². The summed E-state index contributed by atoms with van der Waals surface area (Å²) >= 11 is 0.